The number of carbonyl (C=O) groups is 3. The molecule has 1 aliphatic heterocycles. The van der Waals surface area contributed by atoms with Crippen molar-refractivity contribution in [2.45, 2.75) is 49.4 Å². The van der Waals surface area contributed by atoms with Crippen LogP contribution in [0.5, 0.6) is 0 Å². The molecular weight excluding hydrogens is 518 g/mol. The molecule has 1 fully saturated rings. The number of hydrogen-bond acceptors (Lipinski definition) is 7. The van der Waals surface area contributed by atoms with Crippen LogP contribution in [0.1, 0.15) is 46.1 Å². The highest BCUT2D eigenvalue weighted by molar-refractivity contribution is 8.00. The summed E-state index contributed by atoms with van der Waals surface area (Å²) in [4.78, 5) is 42.4. The molecule has 2 amide bonds. The number of thiophene rings is 1. The Kier molecular flexibility index (Phi) is 8.16. The van der Waals surface area contributed by atoms with Gasteiger partial charge in [0.25, 0.3) is 0 Å². The molecule has 198 valence electrons. The Morgan fingerprint density at radius 1 is 1.11 bits per heavy atom. The zero-order chi connectivity index (χ0) is 26.6. The van der Waals surface area contributed by atoms with E-state index in [0.717, 1.165) is 59.9 Å². The Morgan fingerprint density at radius 2 is 1.89 bits per heavy atom. The number of nitrogens with zero attached hydrogens (tertiary/aromatic N) is 1. The van der Waals surface area contributed by atoms with Crippen molar-refractivity contribution >= 4 is 51.6 Å². The first-order chi connectivity index (χ1) is 18.4. The first-order valence-electron chi connectivity index (χ1n) is 12.8. The minimum atomic E-state index is -0.422. The van der Waals surface area contributed by atoms with Crippen LogP contribution in [0, 0.1) is 5.92 Å². The van der Waals surface area contributed by atoms with Crippen LogP contribution in [-0.4, -0.2) is 41.6 Å². The fourth-order valence-electron chi connectivity index (χ4n) is 4.55. The third-order valence-corrected chi connectivity index (χ3v) is 8.97. The van der Waals surface area contributed by atoms with Gasteiger partial charge in [-0.25, -0.2) is 4.79 Å². The number of benzene rings is 2. The summed E-state index contributed by atoms with van der Waals surface area (Å²) >= 11 is 2.87. The van der Waals surface area contributed by atoms with E-state index in [4.69, 9.17) is 4.74 Å². The Labute approximate surface area is 230 Å². The molecule has 1 aliphatic carbocycles. The van der Waals surface area contributed by atoms with E-state index in [1.165, 1.54) is 35.8 Å². The molecule has 0 bridgehead atoms. The van der Waals surface area contributed by atoms with Gasteiger partial charge in [0.1, 0.15) is 5.00 Å². The van der Waals surface area contributed by atoms with Crippen LogP contribution >= 0.6 is 23.1 Å². The number of fused-ring (bicyclic) bond motifs is 1. The summed E-state index contributed by atoms with van der Waals surface area (Å²) in [6.45, 7) is 4.22. The maximum Gasteiger partial charge on any atom is 0.341 e. The summed E-state index contributed by atoms with van der Waals surface area (Å²) in [7, 11) is 1.37. The SMILES string of the molecule is COC(=O)c1c(NC(=O)C(C)Sc2cccc(NC(=O)C3CC3)c2)sc2c1CCN(Cc1ccccc1)C2. The van der Waals surface area contributed by atoms with E-state index in [2.05, 4.69) is 27.7 Å². The van der Waals surface area contributed by atoms with E-state index >= 15 is 0 Å². The predicted molar refractivity (Wildman–Crippen MR) is 152 cm³/mol. The van der Waals surface area contributed by atoms with Gasteiger partial charge in [-0.3, -0.25) is 14.5 Å². The summed E-state index contributed by atoms with van der Waals surface area (Å²) in [6.07, 6.45) is 2.62. The summed E-state index contributed by atoms with van der Waals surface area (Å²) < 4.78 is 5.09. The van der Waals surface area contributed by atoms with Gasteiger partial charge in [-0.1, -0.05) is 36.4 Å². The number of methoxy groups -OCH3 is 1. The van der Waals surface area contributed by atoms with Crippen molar-refractivity contribution in [3.63, 3.8) is 0 Å². The van der Waals surface area contributed by atoms with E-state index in [1.807, 2.05) is 49.4 Å². The quantitative estimate of drug-likeness (QED) is 0.268. The minimum Gasteiger partial charge on any atom is -0.465 e. The van der Waals surface area contributed by atoms with Gasteiger partial charge < -0.3 is 15.4 Å². The van der Waals surface area contributed by atoms with E-state index in [0.29, 0.717) is 10.6 Å². The van der Waals surface area contributed by atoms with E-state index < -0.39 is 11.2 Å². The van der Waals surface area contributed by atoms with Crippen molar-refractivity contribution in [2.75, 3.05) is 24.3 Å². The molecule has 1 saturated carbocycles. The second-order valence-corrected chi connectivity index (χ2v) is 12.2. The Morgan fingerprint density at radius 3 is 2.63 bits per heavy atom. The molecule has 0 radical (unpaired) electrons. The first kappa shape index (κ1) is 26.5. The van der Waals surface area contributed by atoms with Crippen LogP contribution in [0.2, 0.25) is 0 Å². The van der Waals surface area contributed by atoms with Crippen molar-refractivity contribution in [3.8, 4) is 0 Å². The largest absolute Gasteiger partial charge is 0.465 e. The van der Waals surface area contributed by atoms with Crippen molar-refractivity contribution in [3.05, 3.63) is 76.2 Å². The summed E-state index contributed by atoms with van der Waals surface area (Å²) in [5, 5.41) is 6.09. The average Bonchev–Trinajstić information content (AvgIpc) is 3.71. The number of amides is 2. The van der Waals surface area contributed by atoms with Crippen LogP contribution in [0.4, 0.5) is 10.7 Å². The molecule has 3 aromatic rings. The topological polar surface area (TPSA) is 87.7 Å². The molecule has 0 saturated heterocycles. The molecule has 7 nitrogen and oxygen atoms in total. The highest BCUT2D eigenvalue weighted by Crippen LogP contribution is 2.39. The predicted octanol–water partition coefficient (Wildman–Crippen LogP) is 5.56. The first-order valence-corrected chi connectivity index (χ1v) is 14.5. The molecule has 38 heavy (non-hydrogen) atoms. The van der Waals surface area contributed by atoms with Gasteiger partial charge in [0.05, 0.1) is 17.9 Å². The number of carbonyl (C=O) groups excluding carboxylic acids is 3. The zero-order valence-corrected chi connectivity index (χ0v) is 23.1. The molecule has 1 unspecified atom stereocenters. The lowest BCUT2D eigenvalue weighted by atomic mass is 10.0. The molecule has 2 heterocycles. The van der Waals surface area contributed by atoms with Gasteiger partial charge in [0, 0.05) is 41.0 Å². The lowest BCUT2D eigenvalue weighted by Crippen LogP contribution is -2.29. The van der Waals surface area contributed by atoms with Crippen molar-refractivity contribution in [1.29, 1.82) is 0 Å². The minimum absolute atomic E-state index is 0.0530. The Bertz CT molecular complexity index is 1340. The van der Waals surface area contributed by atoms with Crippen LogP contribution in [0.25, 0.3) is 0 Å². The zero-order valence-electron chi connectivity index (χ0n) is 21.5. The lowest BCUT2D eigenvalue weighted by molar-refractivity contribution is -0.117. The number of hydrogen-bond donors (Lipinski definition) is 2. The van der Waals surface area contributed by atoms with Gasteiger partial charge in [-0.15, -0.1) is 23.1 Å². The van der Waals surface area contributed by atoms with Crippen LogP contribution in [-0.2, 0) is 33.8 Å². The number of thioether (sulfide) groups is 1. The molecule has 2 aromatic carbocycles. The van der Waals surface area contributed by atoms with Crippen LogP contribution in [0.3, 0.4) is 0 Å². The maximum atomic E-state index is 13.2. The van der Waals surface area contributed by atoms with Gasteiger partial charge in [0.15, 0.2) is 0 Å². The number of anilines is 2. The summed E-state index contributed by atoms with van der Waals surface area (Å²) in [5.74, 6) is -0.430. The van der Waals surface area contributed by atoms with E-state index in [1.54, 1.807) is 0 Å². The van der Waals surface area contributed by atoms with E-state index in [-0.39, 0.29) is 17.7 Å². The summed E-state index contributed by atoms with van der Waals surface area (Å²) in [5.41, 5.74) is 3.43. The molecule has 1 atom stereocenters. The molecule has 0 spiro atoms. The fourth-order valence-corrected chi connectivity index (χ4v) is 6.75. The third kappa shape index (κ3) is 6.28. The Hall–Kier alpha value is -3.14. The molecule has 5 rings (SSSR count). The van der Waals surface area contributed by atoms with E-state index in [9.17, 15) is 14.4 Å². The molecule has 2 aliphatic rings. The number of nitrogens with one attached hydrogen (secondary N) is 2. The van der Waals surface area contributed by atoms with Crippen molar-refractivity contribution < 1.29 is 19.1 Å². The molecular formula is C29H31N3O4S2. The normalized spacial score (nSPS) is 15.8. The Balaban J connectivity index is 1.27. The summed E-state index contributed by atoms with van der Waals surface area (Å²) in [6, 6.07) is 17.9. The number of ether oxygens (including phenoxy) is 1. The van der Waals surface area contributed by atoms with Gasteiger partial charge in [-0.05, 0) is 55.5 Å². The molecule has 2 N–H and O–H groups in total. The van der Waals surface area contributed by atoms with Crippen molar-refractivity contribution in [2.24, 2.45) is 5.92 Å². The standard InChI is InChI=1S/C29H31N3O4S2/c1-18(37-22-10-6-9-21(15-22)30-27(34)20-11-12-20)26(33)31-28-25(29(35)36-2)23-13-14-32(17-24(23)38-28)16-19-7-4-3-5-8-19/h3-10,15,18,20H,11-14,16-17H2,1-2H3,(H,30,34)(H,31,33). The second-order valence-electron chi connectivity index (χ2n) is 9.69. The van der Waals surface area contributed by atoms with Gasteiger partial charge in [-0.2, -0.15) is 0 Å². The van der Waals surface area contributed by atoms with Gasteiger partial charge in [0.2, 0.25) is 11.8 Å². The fraction of sp³-hybridized carbons (Fsp3) is 0.345. The highest BCUT2D eigenvalue weighted by Gasteiger charge is 2.31. The monoisotopic (exact) mass is 549 g/mol. The average molecular weight is 550 g/mol. The molecule has 1 aromatic heterocycles. The van der Waals surface area contributed by atoms with Crippen molar-refractivity contribution in [1.82, 2.24) is 4.90 Å². The number of rotatable bonds is 9. The highest BCUT2D eigenvalue weighted by atomic mass is 32.2. The third-order valence-electron chi connectivity index (χ3n) is 6.74. The maximum absolute atomic E-state index is 13.2. The van der Waals surface area contributed by atoms with Crippen LogP contribution in [0.15, 0.2) is 59.5 Å². The number of esters is 1. The van der Waals surface area contributed by atoms with Gasteiger partial charge >= 0.3 is 5.97 Å². The van der Waals surface area contributed by atoms with Crippen LogP contribution < -0.4 is 10.6 Å². The second kappa shape index (κ2) is 11.7. The lowest BCUT2D eigenvalue weighted by Gasteiger charge is -2.27. The smallest absolute Gasteiger partial charge is 0.341 e. The molecule has 9 heteroatoms.